The van der Waals surface area contributed by atoms with E-state index in [-0.39, 0.29) is 24.5 Å². The van der Waals surface area contributed by atoms with Crippen molar-refractivity contribution in [2.45, 2.75) is 58.5 Å². The van der Waals surface area contributed by atoms with Gasteiger partial charge in [-0.05, 0) is 43.9 Å². The first-order chi connectivity index (χ1) is 9.38. The largest absolute Gasteiger partial charge is 0.481 e. The van der Waals surface area contributed by atoms with Crippen molar-refractivity contribution in [2.75, 3.05) is 6.54 Å². The Bertz CT molecular complexity index is 381. The van der Waals surface area contributed by atoms with Crippen LogP contribution in [0.2, 0.25) is 0 Å². The number of carbonyl (C=O) groups excluding carboxylic acids is 1. The van der Waals surface area contributed by atoms with E-state index in [1.165, 1.54) is 0 Å². The van der Waals surface area contributed by atoms with Crippen molar-refractivity contribution in [1.82, 2.24) is 10.2 Å². The van der Waals surface area contributed by atoms with Crippen LogP contribution in [-0.2, 0) is 4.79 Å². The molecule has 1 aliphatic heterocycles. The fraction of sp³-hybridized carbons (Fsp3) is 0.867. The summed E-state index contributed by atoms with van der Waals surface area (Å²) in [5.74, 6) is 0.509. The zero-order valence-electron chi connectivity index (χ0n) is 12.6. The number of amides is 2. The minimum absolute atomic E-state index is 0.0315. The lowest BCUT2D eigenvalue weighted by atomic mass is 9.86. The van der Waals surface area contributed by atoms with Crippen LogP contribution in [0.15, 0.2) is 0 Å². The van der Waals surface area contributed by atoms with Gasteiger partial charge in [0.2, 0.25) is 0 Å². The first-order valence-corrected chi connectivity index (χ1v) is 7.67. The summed E-state index contributed by atoms with van der Waals surface area (Å²) >= 11 is 0. The summed E-state index contributed by atoms with van der Waals surface area (Å²) in [4.78, 5) is 25.2. The summed E-state index contributed by atoms with van der Waals surface area (Å²) in [5, 5.41) is 11.9. The van der Waals surface area contributed by atoms with E-state index in [0.29, 0.717) is 17.8 Å². The highest BCUT2D eigenvalue weighted by molar-refractivity contribution is 5.76. The SMILES string of the molecule is CC1CC(C)C(C)N(C(=O)NC(CC(=O)O)C2CC2)C1. The van der Waals surface area contributed by atoms with Gasteiger partial charge >= 0.3 is 12.0 Å². The number of carbonyl (C=O) groups is 2. The molecule has 2 aliphatic rings. The molecule has 0 aromatic carbocycles. The Morgan fingerprint density at radius 3 is 2.50 bits per heavy atom. The Hall–Kier alpha value is -1.26. The topological polar surface area (TPSA) is 69.6 Å². The van der Waals surface area contributed by atoms with Crippen LogP contribution in [0.1, 0.15) is 46.5 Å². The Labute approximate surface area is 120 Å². The van der Waals surface area contributed by atoms with Crippen LogP contribution in [0, 0.1) is 17.8 Å². The second-order valence-corrected chi connectivity index (χ2v) is 6.70. The zero-order chi connectivity index (χ0) is 14.9. The Morgan fingerprint density at radius 2 is 1.95 bits per heavy atom. The molecular weight excluding hydrogens is 256 g/mol. The third kappa shape index (κ3) is 3.64. The van der Waals surface area contributed by atoms with Crippen LogP contribution in [0.4, 0.5) is 4.79 Å². The van der Waals surface area contributed by atoms with Gasteiger partial charge in [0, 0.05) is 18.6 Å². The van der Waals surface area contributed by atoms with Gasteiger partial charge in [-0.1, -0.05) is 13.8 Å². The van der Waals surface area contributed by atoms with Crippen LogP contribution in [-0.4, -0.2) is 40.6 Å². The first-order valence-electron chi connectivity index (χ1n) is 7.67. The van der Waals surface area contributed by atoms with Crippen LogP contribution in [0.5, 0.6) is 0 Å². The van der Waals surface area contributed by atoms with E-state index in [1.54, 1.807) is 0 Å². The summed E-state index contributed by atoms with van der Waals surface area (Å²) in [6.45, 7) is 7.19. The molecule has 0 aromatic heterocycles. The quantitative estimate of drug-likeness (QED) is 0.831. The number of nitrogens with zero attached hydrogens (tertiary/aromatic N) is 1. The van der Waals surface area contributed by atoms with Crippen molar-refractivity contribution in [2.24, 2.45) is 17.8 Å². The van der Waals surface area contributed by atoms with E-state index < -0.39 is 5.97 Å². The molecule has 0 bridgehead atoms. The van der Waals surface area contributed by atoms with Crippen molar-refractivity contribution < 1.29 is 14.7 Å². The van der Waals surface area contributed by atoms with Gasteiger partial charge in [-0.2, -0.15) is 0 Å². The fourth-order valence-corrected chi connectivity index (χ4v) is 3.25. The predicted molar refractivity (Wildman–Crippen MR) is 76.4 cm³/mol. The van der Waals surface area contributed by atoms with E-state index in [4.69, 9.17) is 5.11 Å². The third-order valence-corrected chi connectivity index (χ3v) is 4.75. The number of urea groups is 1. The number of carboxylic acids is 1. The number of aliphatic carboxylic acids is 1. The number of likely N-dealkylation sites (tertiary alicyclic amines) is 1. The van der Waals surface area contributed by atoms with E-state index in [2.05, 4.69) is 26.1 Å². The van der Waals surface area contributed by atoms with E-state index >= 15 is 0 Å². The van der Waals surface area contributed by atoms with Gasteiger partial charge in [0.05, 0.1) is 6.42 Å². The molecule has 1 saturated heterocycles. The maximum atomic E-state index is 12.4. The minimum Gasteiger partial charge on any atom is -0.481 e. The lowest BCUT2D eigenvalue weighted by molar-refractivity contribution is -0.137. The number of hydrogen-bond acceptors (Lipinski definition) is 2. The normalized spacial score (nSPS) is 31.8. The molecule has 0 aromatic rings. The molecule has 0 spiro atoms. The van der Waals surface area contributed by atoms with Crippen LogP contribution >= 0.6 is 0 Å². The molecule has 1 aliphatic carbocycles. The van der Waals surface area contributed by atoms with Crippen molar-refractivity contribution in [3.8, 4) is 0 Å². The number of rotatable bonds is 4. The maximum Gasteiger partial charge on any atom is 0.317 e. The molecule has 5 nitrogen and oxygen atoms in total. The van der Waals surface area contributed by atoms with E-state index in [1.807, 2.05) is 4.90 Å². The summed E-state index contributed by atoms with van der Waals surface area (Å²) < 4.78 is 0. The van der Waals surface area contributed by atoms with Crippen molar-refractivity contribution in [3.05, 3.63) is 0 Å². The molecule has 20 heavy (non-hydrogen) atoms. The average molecular weight is 282 g/mol. The Kier molecular flexibility index (Phi) is 4.55. The Balaban J connectivity index is 1.96. The highest BCUT2D eigenvalue weighted by Gasteiger charge is 2.37. The van der Waals surface area contributed by atoms with Gasteiger partial charge in [0.15, 0.2) is 0 Å². The van der Waals surface area contributed by atoms with Gasteiger partial charge in [0.25, 0.3) is 0 Å². The van der Waals surface area contributed by atoms with Crippen molar-refractivity contribution >= 4 is 12.0 Å². The van der Waals surface area contributed by atoms with Crippen LogP contribution in [0.25, 0.3) is 0 Å². The molecule has 5 heteroatoms. The predicted octanol–water partition coefficient (Wildman–Crippen LogP) is 2.32. The first kappa shape index (κ1) is 15.1. The molecule has 1 heterocycles. The molecule has 4 unspecified atom stereocenters. The monoisotopic (exact) mass is 282 g/mol. The number of nitrogens with one attached hydrogen (secondary N) is 1. The minimum atomic E-state index is -0.837. The lowest BCUT2D eigenvalue weighted by Crippen LogP contribution is -2.55. The molecule has 4 atom stereocenters. The van der Waals surface area contributed by atoms with Crippen molar-refractivity contribution in [1.29, 1.82) is 0 Å². The fourth-order valence-electron chi connectivity index (χ4n) is 3.25. The third-order valence-electron chi connectivity index (χ3n) is 4.75. The van der Waals surface area contributed by atoms with Gasteiger partial charge in [-0.25, -0.2) is 4.79 Å². The van der Waals surface area contributed by atoms with Gasteiger partial charge in [-0.3, -0.25) is 4.79 Å². The molecule has 2 rings (SSSR count). The second-order valence-electron chi connectivity index (χ2n) is 6.70. The smallest absolute Gasteiger partial charge is 0.317 e. The molecular formula is C15H26N2O3. The standard InChI is InChI=1S/C15H26N2O3/c1-9-6-10(2)11(3)17(8-9)15(20)16-13(7-14(18)19)12-4-5-12/h9-13H,4-8H2,1-3H3,(H,16,20)(H,18,19). The molecule has 1 saturated carbocycles. The van der Waals surface area contributed by atoms with Gasteiger partial charge in [-0.15, -0.1) is 0 Å². The summed E-state index contributed by atoms with van der Waals surface area (Å²) in [6.07, 6.45) is 3.23. The summed E-state index contributed by atoms with van der Waals surface area (Å²) in [7, 11) is 0. The summed E-state index contributed by atoms with van der Waals surface area (Å²) in [5.41, 5.74) is 0. The molecule has 0 radical (unpaired) electrons. The van der Waals surface area contributed by atoms with Crippen molar-refractivity contribution in [3.63, 3.8) is 0 Å². The highest BCUT2D eigenvalue weighted by atomic mass is 16.4. The van der Waals surface area contributed by atoms with Gasteiger partial charge in [0.1, 0.15) is 0 Å². The van der Waals surface area contributed by atoms with Crippen LogP contribution < -0.4 is 5.32 Å². The van der Waals surface area contributed by atoms with E-state index in [9.17, 15) is 9.59 Å². The molecule has 2 fully saturated rings. The second kappa shape index (κ2) is 6.02. The molecule has 2 N–H and O–H groups in total. The van der Waals surface area contributed by atoms with Gasteiger partial charge < -0.3 is 15.3 Å². The zero-order valence-corrected chi connectivity index (χ0v) is 12.6. The molecule has 2 amide bonds. The lowest BCUT2D eigenvalue weighted by Gasteiger charge is -2.41. The number of carboxylic acid groups (broad SMARTS) is 1. The van der Waals surface area contributed by atoms with E-state index in [0.717, 1.165) is 25.8 Å². The Morgan fingerprint density at radius 1 is 1.30 bits per heavy atom. The number of piperidine rings is 1. The summed E-state index contributed by atoms with van der Waals surface area (Å²) in [6, 6.07) is -0.0790. The number of hydrogen-bond donors (Lipinski definition) is 2. The maximum absolute atomic E-state index is 12.4. The highest BCUT2D eigenvalue weighted by Crippen LogP contribution is 2.34. The average Bonchev–Trinajstić information content (AvgIpc) is 3.16. The van der Waals surface area contributed by atoms with Crippen LogP contribution in [0.3, 0.4) is 0 Å². The molecule has 114 valence electrons.